The van der Waals surface area contributed by atoms with Gasteiger partial charge in [0.2, 0.25) is 0 Å². The van der Waals surface area contributed by atoms with Crippen LogP contribution in [0.2, 0.25) is 0 Å². The van der Waals surface area contributed by atoms with Gasteiger partial charge >= 0.3 is 0 Å². The molecular formula is C6H9N2ReS-. The molecule has 1 rings (SSSR count). The summed E-state index contributed by atoms with van der Waals surface area (Å²) in [6.07, 6.45) is 0. The van der Waals surface area contributed by atoms with Gasteiger partial charge in [0.05, 0.1) is 0 Å². The SMILES string of the molecule is CC(C)(C)c1n[c-]sn1.[Re]. The Kier molecular flexibility index (Phi) is 3.65. The molecule has 0 aromatic carbocycles. The van der Waals surface area contributed by atoms with E-state index >= 15 is 0 Å². The van der Waals surface area contributed by atoms with Crippen LogP contribution in [-0.4, -0.2) is 9.36 Å². The Bertz CT molecular complexity index is 178. The molecule has 0 saturated carbocycles. The molecule has 0 bridgehead atoms. The average Bonchev–Trinajstić information content (AvgIpc) is 2.08. The summed E-state index contributed by atoms with van der Waals surface area (Å²) < 4.78 is 4.06. The molecule has 1 aromatic heterocycles. The van der Waals surface area contributed by atoms with Crippen molar-refractivity contribution in [1.29, 1.82) is 0 Å². The van der Waals surface area contributed by atoms with Crippen molar-refractivity contribution in [2.45, 2.75) is 26.2 Å². The van der Waals surface area contributed by atoms with Crippen LogP contribution < -0.4 is 0 Å². The van der Waals surface area contributed by atoms with Gasteiger partial charge in [-0.15, -0.1) is 0 Å². The molecule has 10 heavy (non-hydrogen) atoms. The summed E-state index contributed by atoms with van der Waals surface area (Å²) in [5.41, 5.74) is 2.80. The van der Waals surface area contributed by atoms with Gasteiger partial charge < -0.3 is 4.98 Å². The summed E-state index contributed by atoms with van der Waals surface area (Å²) in [6.45, 7) is 6.26. The molecule has 0 atom stereocenters. The van der Waals surface area contributed by atoms with E-state index in [2.05, 4.69) is 35.6 Å². The quantitative estimate of drug-likeness (QED) is 0.677. The Morgan fingerprint density at radius 3 is 2.20 bits per heavy atom. The standard InChI is InChI=1S/C6H9N2S.Re/c1-6(2,3)5-7-4-9-8-5;/h1-3H3;/q-1;. The zero-order valence-corrected chi connectivity index (χ0v) is 9.71. The Morgan fingerprint density at radius 1 is 1.40 bits per heavy atom. The molecule has 0 amide bonds. The number of hydrogen-bond donors (Lipinski definition) is 0. The van der Waals surface area contributed by atoms with Crippen molar-refractivity contribution in [2.75, 3.05) is 0 Å². The van der Waals surface area contributed by atoms with E-state index in [1.807, 2.05) is 0 Å². The summed E-state index contributed by atoms with van der Waals surface area (Å²) >= 11 is 1.28. The molecule has 0 saturated heterocycles. The van der Waals surface area contributed by atoms with Crippen LogP contribution >= 0.6 is 11.5 Å². The Balaban J connectivity index is 0.000000810. The molecule has 0 unspecified atom stereocenters. The van der Waals surface area contributed by atoms with Crippen LogP contribution in [0, 0.1) is 5.51 Å². The maximum absolute atomic E-state index is 4.06. The molecule has 57 valence electrons. The minimum Gasteiger partial charge on any atom is -0.425 e. The largest absolute Gasteiger partial charge is 0.425 e. The first-order chi connectivity index (χ1) is 4.11. The number of aromatic nitrogens is 2. The molecule has 0 aliphatic heterocycles. The van der Waals surface area contributed by atoms with Crippen molar-refractivity contribution in [3.8, 4) is 0 Å². The third kappa shape index (κ3) is 2.45. The first kappa shape index (κ1) is 10.2. The minimum atomic E-state index is 0. The zero-order valence-electron chi connectivity index (χ0n) is 6.18. The molecule has 0 spiro atoms. The van der Waals surface area contributed by atoms with Crippen molar-refractivity contribution in [3.05, 3.63) is 11.3 Å². The van der Waals surface area contributed by atoms with E-state index in [-0.39, 0.29) is 25.8 Å². The van der Waals surface area contributed by atoms with E-state index in [0.29, 0.717) is 0 Å². The molecule has 1 radical (unpaired) electrons. The molecule has 0 N–H and O–H groups in total. The monoisotopic (exact) mass is 328 g/mol. The summed E-state index contributed by atoms with van der Waals surface area (Å²) in [4.78, 5) is 3.97. The Hall–Kier alpha value is 0.222. The summed E-state index contributed by atoms with van der Waals surface area (Å²) in [6, 6.07) is 0. The minimum absolute atomic E-state index is 0. The van der Waals surface area contributed by atoms with Crippen LogP contribution in [0.25, 0.3) is 0 Å². The third-order valence-electron chi connectivity index (χ3n) is 0.995. The van der Waals surface area contributed by atoms with E-state index in [0.717, 1.165) is 5.82 Å². The fraction of sp³-hybridized carbons (Fsp3) is 0.667. The van der Waals surface area contributed by atoms with Crippen molar-refractivity contribution in [3.63, 3.8) is 0 Å². The van der Waals surface area contributed by atoms with E-state index < -0.39 is 0 Å². The van der Waals surface area contributed by atoms with Gasteiger partial charge in [0, 0.05) is 20.4 Å². The fourth-order valence-corrected chi connectivity index (χ4v) is 1.02. The molecule has 1 heterocycles. The van der Waals surface area contributed by atoms with E-state index in [4.69, 9.17) is 0 Å². The molecule has 0 fully saturated rings. The Labute approximate surface area is 78.9 Å². The van der Waals surface area contributed by atoms with Crippen LogP contribution in [0.15, 0.2) is 0 Å². The van der Waals surface area contributed by atoms with Gasteiger partial charge in [0.15, 0.2) is 0 Å². The van der Waals surface area contributed by atoms with Crippen LogP contribution in [0.4, 0.5) is 0 Å². The number of nitrogens with zero attached hydrogens (tertiary/aromatic N) is 2. The van der Waals surface area contributed by atoms with E-state index in [1.54, 1.807) is 0 Å². The fourth-order valence-electron chi connectivity index (χ4n) is 0.452. The summed E-state index contributed by atoms with van der Waals surface area (Å²) in [7, 11) is 0. The third-order valence-corrected chi connectivity index (χ3v) is 1.43. The van der Waals surface area contributed by atoms with Gasteiger partial charge in [-0.1, -0.05) is 26.3 Å². The predicted octanol–water partition coefficient (Wildman–Crippen LogP) is 1.63. The predicted molar refractivity (Wildman–Crippen MR) is 37.4 cm³/mol. The van der Waals surface area contributed by atoms with Gasteiger partial charge in [-0.25, -0.2) is 0 Å². The van der Waals surface area contributed by atoms with Crippen molar-refractivity contribution in [1.82, 2.24) is 9.36 Å². The Morgan fingerprint density at radius 2 is 2.00 bits per heavy atom. The number of hydrogen-bond acceptors (Lipinski definition) is 3. The first-order valence-electron chi connectivity index (χ1n) is 2.81. The van der Waals surface area contributed by atoms with Gasteiger partial charge in [0.25, 0.3) is 0 Å². The second-order valence-corrected chi connectivity index (χ2v) is 3.51. The smallest absolute Gasteiger partial charge is 0 e. The van der Waals surface area contributed by atoms with Crippen LogP contribution in [-0.2, 0) is 25.8 Å². The summed E-state index contributed by atoms with van der Waals surface area (Å²) in [5, 5.41) is 0. The van der Waals surface area contributed by atoms with Crippen LogP contribution in [0.3, 0.4) is 0 Å². The van der Waals surface area contributed by atoms with Crippen molar-refractivity contribution < 1.29 is 20.4 Å². The second-order valence-electron chi connectivity index (χ2n) is 2.96. The molecular weight excluding hydrogens is 318 g/mol. The van der Waals surface area contributed by atoms with Gasteiger partial charge in [-0.05, 0) is 11.2 Å². The van der Waals surface area contributed by atoms with Crippen LogP contribution in [0.5, 0.6) is 0 Å². The topological polar surface area (TPSA) is 25.8 Å². The van der Waals surface area contributed by atoms with E-state index in [9.17, 15) is 0 Å². The maximum Gasteiger partial charge on any atom is 0 e. The van der Waals surface area contributed by atoms with Crippen LogP contribution in [0.1, 0.15) is 26.6 Å². The normalized spacial score (nSPS) is 10.7. The molecule has 4 heteroatoms. The van der Waals surface area contributed by atoms with E-state index in [1.165, 1.54) is 11.5 Å². The number of rotatable bonds is 0. The molecule has 2 nitrogen and oxygen atoms in total. The maximum atomic E-state index is 4.06. The zero-order chi connectivity index (χ0) is 6.91. The van der Waals surface area contributed by atoms with Gasteiger partial charge in [-0.3, -0.25) is 4.37 Å². The molecule has 0 aliphatic carbocycles. The van der Waals surface area contributed by atoms with Gasteiger partial charge in [-0.2, -0.15) is 11.5 Å². The van der Waals surface area contributed by atoms with Crippen molar-refractivity contribution >= 4 is 11.5 Å². The molecule has 0 aliphatic rings. The first-order valence-corrected chi connectivity index (χ1v) is 3.58. The summed E-state index contributed by atoms with van der Waals surface area (Å²) in [5.74, 6) is 0.882. The van der Waals surface area contributed by atoms with Crippen molar-refractivity contribution in [2.24, 2.45) is 0 Å². The molecule has 1 aromatic rings. The average molecular weight is 327 g/mol. The second kappa shape index (κ2) is 3.57. The van der Waals surface area contributed by atoms with Gasteiger partial charge in [0.1, 0.15) is 0 Å².